The summed E-state index contributed by atoms with van der Waals surface area (Å²) < 4.78 is 2.09. The van der Waals surface area contributed by atoms with Gasteiger partial charge in [-0.1, -0.05) is 24.6 Å². The average Bonchev–Trinajstić information content (AvgIpc) is 2.27. The molecule has 0 spiro atoms. The summed E-state index contributed by atoms with van der Waals surface area (Å²) in [5.74, 6) is 0. The number of allylic oxidation sites excluding steroid dienone is 1. The van der Waals surface area contributed by atoms with Crippen molar-refractivity contribution >= 4 is 11.9 Å². The van der Waals surface area contributed by atoms with Crippen LogP contribution in [0.1, 0.15) is 13.8 Å². The number of hydrogen-bond donors (Lipinski definition) is 1. The smallest absolute Gasteiger partial charge is 0.221 e. The number of hydrazone groups is 1. The van der Waals surface area contributed by atoms with Gasteiger partial charge < -0.3 is 5.32 Å². The van der Waals surface area contributed by atoms with Gasteiger partial charge in [0.05, 0.1) is 19.3 Å². The van der Waals surface area contributed by atoms with Crippen LogP contribution in [0.15, 0.2) is 17.3 Å². The maximum absolute atomic E-state index is 4.47. The summed E-state index contributed by atoms with van der Waals surface area (Å²) in [5, 5.41) is 7.80. The first-order valence-electron chi connectivity index (χ1n) is 4.76. The molecule has 0 saturated heterocycles. The van der Waals surface area contributed by atoms with Crippen LogP contribution in [-0.4, -0.2) is 36.2 Å². The SMILES string of the molecule is CC1(C)C=CC2=[N+](CCNC2)N=C1. The minimum absolute atomic E-state index is 0.0876. The lowest BCUT2D eigenvalue weighted by molar-refractivity contribution is -0.534. The fraction of sp³-hybridized carbons (Fsp3) is 0.600. The maximum atomic E-state index is 4.47. The van der Waals surface area contributed by atoms with Gasteiger partial charge in [0.25, 0.3) is 0 Å². The monoisotopic (exact) mass is 178 g/mol. The van der Waals surface area contributed by atoms with Crippen molar-refractivity contribution in [3.8, 4) is 0 Å². The predicted octanol–water partition coefficient (Wildman–Crippen LogP) is 0.625. The van der Waals surface area contributed by atoms with Crippen molar-refractivity contribution < 1.29 is 4.68 Å². The standard InChI is InChI=1S/C10H16N3/c1-10(2)4-3-9-7-11-5-6-13(9)12-8-10/h3-4,8,11H,5-7H2,1-2H3/q+1. The summed E-state index contributed by atoms with van der Waals surface area (Å²) in [5.41, 5.74) is 1.36. The minimum atomic E-state index is 0.0876. The van der Waals surface area contributed by atoms with Crippen LogP contribution in [0.4, 0.5) is 0 Å². The zero-order chi connectivity index (χ0) is 9.31. The van der Waals surface area contributed by atoms with Crippen LogP contribution in [0.2, 0.25) is 0 Å². The molecule has 0 bridgehead atoms. The van der Waals surface area contributed by atoms with Gasteiger partial charge in [-0.2, -0.15) is 0 Å². The highest BCUT2D eigenvalue weighted by molar-refractivity contribution is 5.94. The van der Waals surface area contributed by atoms with E-state index < -0.39 is 0 Å². The maximum Gasteiger partial charge on any atom is 0.221 e. The molecule has 0 aromatic rings. The molecule has 3 nitrogen and oxygen atoms in total. The highest BCUT2D eigenvalue weighted by atomic mass is 15.4. The summed E-state index contributed by atoms with van der Waals surface area (Å²) in [6, 6.07) is 0. The lowest BCUT2D eigenvalue weighted by atomic mass is 9.94. The summed E-state index contributed by atoms with van der Waals surface area (Å²) in [7, 11) is 0. The fourth-order valence-electron chi connectivity index (χ4n) is 1.49. The van der Waals surface area contributed by atoms with E-state index in [0.29, 0.717) is 0 Å². The third kappa shape index (κ3) is 1.86. The average molecular weight is 178 g/mol. The van der Waals surface area contributed by atoms with Gasteiger partial charge in [-0.05, 0) is 5.10 Å². The third-order valence-corrected chi connectivity index (χ3v) is 2.37. The van der Waals surface area contributed by atoms with Crippen molar-refractivity contribution in [3.05, 3.63) is 12.2 Å². The Morgan fingerprint density at radius 3 is 3.23 bits per heavy atom. The number of nitrogens with zero attached hydrogens (tertiary/aromatic N) is 2. The second kappa shape index (κ2) is 3.07. The molecule has 2 rings (SSSR count). The highest BCUT2D eigenvalue weighted by Gasteiger charge is 2.22. The van der Waals surface area contributed by atoms with E-state index in [4.69, 9.17) is 0 Å². The Hall–Kier alpha value is -0.960. The second-order valence-corrected chi connectivity index (χ2v) is 4.19. The highest BCUT2D eigenvalue weighted by Crippen LogP contribution is 2.15. The van der Waals surface area contributed by atoms with Crippen molar-refractivity contribution in [1.29, 1.82) is 0 Å². The molecular formula is C10H16N3+. The van der Waals surface area contributed by atoms with Gasteiger partial charge in [0.2, 0.25) is 5.71 Å². The van der Waals surface area contributed by atoms with E-state index in [0.717, 1.165) is 19.6 Å². The van der Waals surface area contributed by atoms with Gasteiger partial charge in [-0.25, -0.2) is 0 Å². The van der Waals surface area contributed by atoms with Gasteiger partial charge >= 0.3 is 0 Å². The van der Waals surface area contributed by atoms with Crippen molar-refractivity contribution in [3.63, 3.8) is 0 Å². The topological polar surface area (TPSA) is 27.4 Å². The van der Waals surface area contributed by atoms with Crippen LogP contribution in [-0.2, 0) is 0 Å². The summed E-state index contributed by atoms with van der Waals surface area (Å²) >= 11 is 0. The van der Waals surface area contributed by atoms with E-state index in [9.17, 15) is 0 Å². The molecule has 0 radical (unpaired) electrons. The van der Waals surface area contributed by atoms with Crippen molar-refractivity contribution in [2.75, 3.05) is 19.6 Å². The molecule has 70 valence electrons. The van der Waals surface area contributed by atoms with Gasteiger partial charge in [0, 0.05) is 11.5 Å². The van der Waals surface area contributed by atoms with Gasteiger partial charge in [-0.3, -0.25) is 0 Å². The zero-order valence-electron chi connectivity index (χ0n) is 8.25. The van der Waals surface area contributed by atoms with Crippen molar-refractivity contribution in [2.45, 2.75) is 13.8 Å². The molecule has 0 unspecified atom stereocenters. The first-order chi connectivity index (χ1) is 6.17. The lowest BCUT2D eigenvalue weighted by Gasteiger charge is -2.08. The van der Waals surface area contributed by atoms with Crippen LogP contribution in [0.25, 0.3) is 0 Å². The van der Waals surface area contributed by atoms with E-state index in [1.165, 1.54) is 5.71 Å². The molecule has 0 aromatic heterocycles. The molecule has 0 aliphatic carbocycles. The largest absolute Gasteiger partial charge is 0.301 e. The van der Waals surface area contributed by atoms with Crippen LogP contribution in [0, 0.1) is 5.41 Å². The minimum Gasteiger partial charge on any atom is -0.301 e. The molecule has 13 heavy (non-hydrogen) atoms. The summed E-state index contributed by atoms with van der Waals surface area (Å²) in [6.45, 7) is 7.27. The molecule has 0 atom stereocenters. The molecule has 1 N–H and O–H groups in total. The molecule has 0 fully saturated rings. The van der Waals surface area contributed by atoms with E-state index in [-0.39, 0.29) is 5.41 Å². The summed E-state index contributed by atoms with van der Waals surface area (Å²) in [4.78, 5) is 0. The molecule has 0 saturated carbocycles. The fourth-order valence-corrected chi connectivity index (χ4v) is 1.49. The van der Waals surface area contributed by atoms with Crippen LogP contribution in [0.3, 0.4) is 0 Å². The Balaban J connectivity index is 2.32. The van der Waals surface area contributed by atoms with Gasteiger partial charge in [0.15, 0.2) is 6.54 Å². The predicted molar refractivity (Wildman–Crippen MR) is 54.4 cm³/mol. The number of rotatable bonds is 0. The normalized spacial score (nSPS) is 25.7. The Morgan fingerprint density at radius 2 is 2.38 bits per heavy atom. The third-order valence-electron chi connectivity index (χ3n) is 2.37. The Bertz CT molecular complexity index is 269. The van der Waals surface area contributed by atoms with E-state index in [1.54, 1.807) is 0 Å². The van der Waals surface area contributed by atoms with Gasteiger partial charge in [0.1, 0.15) is 0 Å². The van der Waals surface area contributed by atoms with Crippen molar-refractivity contribution in [1.82, 2.24) is 5.32 Å². The summed E-state index contributed by atoms with van der Waals surface area (Å²) in [6.07, 6.45) is 6.40. The molecule has 3 heteroatoms. The van der Waals surface area contributed by atoms with Crippen LogP contribution >= 0.6 is 0 Å². The molecule has 2 aliphatic rings. The van der Waals surface area contributed by atoms with Gasteiger partial charge in [-0.15, -0.1) is 0 Å². The quantitative estimate of drug-likeness (QED) is 0.541. The molecule has 2 heterocycles. The van der Waals surface area contributed by atoms with E-state index >= 15 is 0 Å². The van der Waals surface area contributed by atoms with E-state index in [1.807, 2.05) is 6.21 Å². The Morgan fingerprint density at radius 1 is 1.54 bits per heavy atom. The number of nitrogens with one attached hydrogen (secondary N) is 1. The number of hydrogen-bond acceptors (Lipinski definition) is 2. The molecular weight excluding hydrogens is 162 g/mol. The van der Waals surface area contributed by atoms with Crippen molar-refractivity contribution in [2.24, 2.45) is 10.5 Å². The Labute approximate surface area is 78.8 Å². The first-order valence-corrected chi connectivity index (χ1v) is 4.76. The zero-order valence-corrected chi connectivity index (χ0v) is 8.25. The molecule has 0 amide bonds. The lowest BCUT2D eigenvalue weighted by Crippen LogP contribution is -2.38. The first kappa shape index (κ1) is 8.63. The van der Waals surface area contributed by atoms with Crippen LogP contribution < -0.4 is 5.32 Å². The second-order valence-electron chi connectivity index (χ2n) is 4.19. The Kier molecular flexibility index (Phi) is 2.04. The van der Waals surface area contributed by atoms with E-state index in [2.05, 4.69) is 41.1 Å². The molecule has 0 aromatic carbocycles. The van der Waals surface area contributed by atoms with Crippen LogP contribution in [0.5, 0.6) is 0 Å². The molecule has 2 aliphatic heterocycles.